The molecule has 2 aromatic rings. The summed E-state index contributed by atoms with van der Waals surface area (Å²) in [5.74, 6) is -2.24. The summed E-state index contributed by atoms with van der Waals surface area (Å²) >= 11 is 0. The van der Waals surface area contributed by atoms with Crippen molar-refractivity contribution >= 4 is 23.9 Å². The van der Waals surface area contributed by atoms with Gasteiger partial charge in [-0.2, -0.15) is 0 Å². The second-order valence-electron chi connectivity index (χ2n) is 8.29. The zero-order valence-electron chi connectivity index (χ0n) is 18.4. The van der Waals surface area contributed by atoms with Crippen LogP contribution in [0.3, 0.4) is 0 Å². The molecule has 176 valence electrons. The first-order valence-corrected chi connectivity index (χ1v) is 10.9. The van der Waals surface area contributed by atoms with Gasteiger partial charge in [0.1, 0.15) is 13.2 Å². The summed E-state index contributed by atoms with van der Waals surface area (Å²) in [5.41, 5.74) is -1.15. The van der Waals surface area contributed by atoms with Crippen LogP contribution >= 0.6 is 0 Å². The van der Waals surface area contributed by atoms with Crippen LogP contribution in [-0.4, -0.2) is 35.1 Å². The van der Waals surface area contributed by atoms with E-state index in [2.05, 4.69) is 0 Å². The van der Waals surface area contributed by atoms with Crippen LogP contribution in [0.4, 0.5) is 0 Å². The predicted molar refractivity (Wildman–Crippen MR) is 118 cm³/mol. The van der Waals surface area contributed by atoms with E-state index in [1.807, 2.05) is 60.7 Å². The van der Waals surface area contributed by atoms with Gasteiger partial charge in [-0.05, 0) is 11.1 Å². The molecule has 2 aliphatic heterocycles. The molecule has 0 amide bonds. The van der Waals surface area contributed by atoms with Gasteiger partial charge in [-0.3, -0.25) is 9.59 Å². The Balaban J connectivity index is 1.32. The van der Waals surface area contributed by atoms with Crippen LogP contribution in [0.25, 0.3) is 0 Å². The Hall–Kier alpha value is -3.94. The van der Waals surface area contributed by atoms with Crippen LogP contribution < -0.4 is 0 Å². The minimum atomic E-state index is -1.39. The fourth-order valence-electron chi connectivity index (χ4n) is 3.76. The van der Waals surface area contributed by atoms with E-state index in [1.54, 1.807) is 12.2 Å². The molecule has 0 saturated carbocycles. The summed E-state index contributed by atoms with van der Waals surface area (Å²) in [5, 5.41) is 0. The Morgan fingerprint density at radius 1 is 0.706 bits per heavy atom. The lowest BCUT2D eigenvalue weighted by atomic mass is 9.87. The Morgan fingerprint density at radius 2 is 1.06 bits per heavy atom. The van der Waals surface area contributed by atoms with Crippen LogP contribution in [0.2, 0.25) is 0 Å². The van der Waals surface area contributed by atoms with Crippen molar-refractivity contribution in [3.63, 3.8) is 0 Å². The quantitative estimate of drug-likeness (QED) is 0.300. The van der Waals surface area contributed by atoms with Gasteiger partial charge in [0.25, 0.3) is 0 Å². The van der Waals surface area contributed by atoms with E-state index in [1.165, 1.54) is 0 Å². The van der Waals surface area contributed by atoms with E-state index < -0.39 is 35.1 Å². The maximum absolute atomic E-state index is 12.6. The van der Waals surface area contributed by atoms with Gasteiger partial charge >= 0.3 is 23.9 Å². The Morgan fingerprint density at radius 3 is 1.38 bits per heavy atom. The second kappa shape index (κ2) is 9.91. The molecule has 0 spiro atoms. The minimum Gasteiger partial charge on any atom is -0.458 e. The van der Waals surface area contributed by atoms with E-state index in [4.69, 9.17) is 18.9 Å². The predicted octanol–water partition coefficient (Wildman–Crippen LogP) is 3.18. The zero-order chi connectivity index (χ0) is 24.0. The Labute approximate surface area is 196 Å². The number of cyclic esters (lactones) is 2. The highest BCUT2D eigenvalue weighted by Crippen LogP contribution is 2.36. The normalized spacial score (nSPS) is 23.3. The monoisotopic (exact) mass is 464 g/mol. The van der Waals surface area contributed by atoms with Crippen molar-refractivity contribution in [2.24, 2.45) is 0 Å². The topological polar surface area (TPSA) is 105 Å². The minimum absolute atomic E-state index is 0.0645. The van der Waals surface area contributed by atoms with Crippen LogP contribution in [0.5, 0.6) is 0 Å². The van der Waals surface area contributed by atoms with Gasteiger partial charge in [0.05, 0.1) is 12.8 Å². The summed E-state index contributed by atoms with van der Waals surface area (Å²) in [6, 6.07) is 18.3. The summed E-state index contributed by atoms with van der Waals surface area (Å²) in [6.07, 6.45) is 3.21. The number of benzene rings is 2. The molecule has 8 heteroatoms. The average molecular weight is 464 g/mol. The molecule has 2 aromatic carbocycles. The largest absolute Gasteiger partial charge is 0.458 e. The second-order valence-corrected chi connectivity index (χ2v) is 8.29. The summed E-state index contributed by atoms with van der Waals surface area (Å²) in [4.78, 5) is 48.2. The van der Waals surface area contributed by atoms with Gasteiger partial charge in [0, 0.05) is 12.8 Å². The van der Waals surface area contributed by atoms with E-state index >= 15 is 0 Å². The molecule has 2 aliphatic rings. The van der Waals surface area contributed by atoms with Gasteiger partial charge < -0.3 is 18.9 Å². The third-order valence-corrected chi connectivity index (χ3v) is 5.71. The Bertz CT molecular complexity index is 987. The summed E-state index contributed by atoms with van der Waals surface area (Å²) in [7, 11) is 0. The smallest absolute Gasteiger partial charge is 0.351 e. The number of carbonyl (C=O) groups is 4. The fourth-order valence-corrected chi connectivity index (χ4v) is 3.76. The number of hydrogen-bond acceptors (Lipinski definition) is 8. The maximum atomic E-state index is 12.6. The standard InChI is InChI=1S/C26H24O8/c27-21-15-25(33-21,23(29)31-17-19-9-3-1-4-10-19)13-7-8-14-26(16-22(28)34-26)24(30)32-18-20-11-5-2-6-12-20/h1-12H,13-18H2/b8-7+/t25-,26-/m1/s1. The lowest BCUT2D eigenvalue weighted by Crippen LogP contribution is -2.55. The van der Waals surface area contributed by atoms with Crippen molar-refractivity contribution in [3.8, 4) is 0 Å². The first-order chi connectivity index (χ1) is 16.4. The van der Waals surface area contributed by atoms with E-state index in [0.29, 0.717) is 0 Å². The molecule has 0 bridgehead atoms. The third kappa shape index (κ3) is 5.17. The van der Waals surface area contributed by atoms with Crippen molar-refractivity contribution in [1.29, 1.82) is 0 Å². The molecule has 2 atom stereocenters. The number of esters is 4. The first-order valence-electron chi connectivity index (χ1n) is 10.9. The van der Waals surface area contributed by atoms with Gasteiger partial charge in [-0.25, -0.2) is 9.59 Å². The molecule has 0 N–H and O–H groups in total. The fraction of sp³-hybridized carbons (Fsp3) is 0.308. The van der Waals surface area contributed by atoms with Gasteiger partial charge in [-0.1, -0.05) is 72.8 Å². The average Bonchev–Trinajstić information content (AvgIpc) is 2.82. The van der Waals surface area contributed by atoms with Crippen molar-refractivity contribution in [2.45, 2.75) is 50.1 Å². The van der Waals surface area contributed by atoms with Crippen molar-refractivity contribution < 1.29 is 38.1 Å². The van der Waals surface area contributed by atoms with Crippen LogP contribution in [0.15, 0.2) is 72.8 Å². The van der Waals surface area contributed by atoms with Crippen molar-refractivity contribution in [3.05, 3.63) is 83.9 Å². The van der Waals surface area contributed by atoms with Gasteiger partial charge in [0.2, 0.25) is 11.2 Å². The number of rotatable bonds is 10. The lowest BCUT2D eigenvalue weighted by molar-refractivity contribution is -0.208. The SMILES string of the molecule is O=C1C[C@](C/C=C/C[C@]2(C(=O)OCc3ccccc3)CC(=O)O2)(C(=O)OCc2ccccc2)O1. The Kier molecular flexibility index (Phi) is 6.77. The molecule has 0 radical (unpaired) electrons. The highest BCUT2D eigenvalue weighted by Gasteiger charge is 2.54. The van der Waals surface area contributed by atoms with Crippen LogP contribution in [0.1, 0.15) is 36.8 Å². The molecule has 2 fully saturated rings. The molecule has 2 heterocycles. The number of carbonyl (C=O) groups excluding carboxylic acids is 4. The number of hydrogen-bond donors (Lipinski definition) is 0. The van der Waals surface area contributed by atoms with Crippen molar-refractivity contribution in [1.82, 2.24) is 0 Å². The zero-order valence-corrected chi connectivity index (χ0v) is 18.4. The van der Waals surface area contributed by atoms with Crippen molar-refractivity contribution in [2.75, 3.05) is 0 Å². The van der Waals surface area contributed by atoms with Gasteiger partial charge in [0.15, 0.2) is 0 Å². The lowest BCUT2D eigenvalue weighted by Gasteiger charge is -2.38. The van der Waals surface area contributed by atoms with E-state index in [9.17, 15) is 19.2 Å². The molecule has 0 aromatic heterocycles. The molecule has 4 rings (SSSR count). The highest BCUT2D eigenvalue weighted by molar-refractivity contribution is 5.94. The van der Waals surface area contributed by atoms with E-state index in [0.717, 1.165) is 11.1 Å². The van der Waals surface area contributed by atoms with Crippen LogP contribution in [-0.2, 0) is 51.3 Å². The highest BCUT2D eigenvalue weighted by atomic mass is 16.6. The van der Waals surface area contributed by atoms with Gasteiger partial charge in [-0.15, -0.1) is 0 Å². The molecule has 0 unspecified atom stereocenters. The first kappa shape index (κ1) is 23.2. The van der Waals surface area contributed by atoms with Crippen LogP contribution in [0, 0.1) is 0 Å². The molecule has 2 saturated heterocycles. The molecule has 0 aliphatic carbocycles. The summed E-state index contributed by atoms with van der Waals surface area (Å²) in [6.45, 7) is 0.129. The molecular weight excluding hydrogens is 440 g/mol. The summed E-state index contributed by atoms with van der Waals surface area (Å²) < 4.78 is 21.0. The maximum Gasteiger partial charge on any atom is 0.351 e. The molecule has 8 nitrogen and oxygen atoms in total. The van der Waals surface area contributed by atoms with E-state index in [-0.39, 0.29) is 38.9 Å². The molecular formula is C26H24O8. The third-order valence-electron chi connectivity index (χ3n) is 5.71. The molecule has 34 heavy (non-hydrogen) atoms. The number of ether oxygens (including phenoxy) is 4.